The number of nitrogens with zero attached hydrogens (tertiary/aromatic N) is 3. The number of likely N-dealkylation sites (N-methyl/N-ethyl adjacent to an activating group) is 1. The number of alkyl halides is 3. The Labute approximate surface area is 132 Å². The highest BCUT2D eigenvalue weighted by Gasteiger charge is 2.31. The normalized spacial score (nSPS) is 13.5. The standard InChI is InChI=1S/C15H18F3N3O2/c1-10-19-20-14(23-10)8-21(2)13(9-22-3)11-5-4-6-12(7-11)15(16,17)18/h4-7,13H,8-9H2,1-3H3/t13-/m0/s1. The minimum Gasteiger partial charge on any atom is -0.424 e. The quantitative estimate of drug-likeness (QED) is 0.814. The molecule has 0 aliphatic carbocycles. The Morgan fingerprint density at radius 1 is 1.30 bits per heavy atom. The highest BCUT2D eigenvalue weighted by Crippen LogP contribution is 2.32. The van der Waals surface area contributed by atoms with Crippen LogP contribution in [0.3, 0.4) is 0 Å². The van der Waals surface area contributed by atoms with Gasteiger partial charge < -0.3 is 9.15 Å². The van der Waals surface area contributed by atoms with E-state index in [1.165, 1.54) is 13.2 Å². The van der Waals surface area contributed by atoms with Crippen molar-refractivity contribution in [2.75, 3.05) is 20.8 Å². The highest BCUT2D eigenvalue weighted by molar-refractivity contribution is 5.28. The van der Waals surface area contributed by atoms with Crippen molar-refractivity contribution in [3.8, 4) is 0 Å². The predicted octanol–water partition coefficient (Wildman–Crippen LogP) is 3.22. The maximum atomic E-state index is 12.9. The maximum Gasteiger partial charge on any atom is 0.416 e. The van der Waals surface area contributed by atoms with Crippen LogP contribution in [0.2, 0.25) is 0 Å². The number of hydrogen-bond acceptors (Lipinski definition) is 5. The zero-order valence-electron chi connectivity index (χ0n) is 13.1. The lowest BCUT2D eigenvalue weighted by molar-refractivity contribution is -0.137. The second-order valence-corrected chi connectivity index (χ2v) is 5.22. The van der Waals surface area contributed by atoms with Crippen molar-refractivity contribution in [1.82, 2.24) is 15.1 Å². The summed E-state index contributed by atoms with van der Waals surface area (Å²) in [6.07, 6.45) is -4.38. The molecule has 0 aliphatic heterocycles. The summed E-state index contributed by atoms with van der Waals surface area (Å²) in [6.45, 7) is 2.23. The van der Waals surface area contributed by atoms with Crippen LogP contribution in [0, 0.1) is 6.92 Å². The van der Waals surface area contributed by atoms with Gasteiger partial charge in [-0.15, -0.1) is 10.2 Å². The Balaban J connectivity index is 2.23. The average molecular weight is 329 g/mol. The van der Waals surface area contributed by atoms with Crippen molar-refractivity contribution >= 4 is 0 Å². The van der Waals surface area contributed by atoms with E-state index in [-0.39, 0.29) is 12.6 Å². The van der Waals surface area contributed by atoms with Crippen LogP contribution in [0.5, 0.6) is 0 Å². The molecule has 2 rings (SSSR count). The van der Waals surface area contributed by atoms with Gasteiger partial charge in [0.25, 0.3) is 0 Å². The van der Waals surface area contributed by atoms with Gasteiger partial charge in [-0.2, -0.15) is 13.2 Å². The van der Waals surface area contributed by atoms with Crippen LogP contribution in [0.4, 0.5) is 13.2 Å². The van der Waals surface area contributed by atoms with Gasteiger partial charge in [-0.05, 0) is 24.7 Å². The van der Waals surface area contributed by atoms with Crippen LogP contribution >= 0.6 is 0 Å². The lowest BCUT2D eigenvalue weighted by Crippen LogP contribution is -2.28. The molecular formula is C15H18F3N3O2. The van der Waals surface area contributed by atoms with E-state index in [9.17, 15) is 13.2 Å². The molecule has 126 valence electrons. The fourth-order valence-corrected chi connectivity index (χ4v) is 2.28. The predicted molar refractivity (Wildman–Crippen MR) is 76.6 cm³/mol. The molecule has 0 spiro atoms. The number of aryl methyl sites for hydroxylation is 1. The Morgan fingerprint density at radius 3 is 2.61 bits per heavy atom. The third kappa shape index (κ3) is 4.52. The molecule has 1 aromatic heterocycles. The van der Waals surface area contributed by atoms with E-state index in [0.717, 1.165) is 12.1 Å². The first-order valence-electron chi connectivity index (χ1n) is 6.96. The van der Waals surface area contributed by atoms with Gasteiger partial charge in [-0.25, -0.2) is 0 Å². The summed E-state index contributed by atoms with van der Waals surface area (Å²) >= 11 is 0. The summed E-state index contributed by atoms with van der Waals surface area (Å²) in [5.41, 5.74) is -0.168. The summed E-state index contributed by atoms with van der Waals surface area (Å²) in [5, 5.41) is 7.64. The van der Waals surface area contributed by atoms with Gasteiger partial charge in [0.15, 0.2) is 0 Å². The van der Waals surface area contributed by atoms with E-state index in [2.05, 4.69) is 10.2 Å². The van der Waals surface area contributed by atoms with Gasteiger partial charge in [0.1, 0.15) is 0 Å². The second kappa shape index (κ2) is 7.10. The Hall–Kier alpha value is -1.93. The summed E-state index contributed by atoms with van der Waals surface area (Å²) in [6, 6.07) is 4.86. The summed E-state index contributed by atoms with van der Waals surface area (Å²) in [4.78, 5) is 1.81. The van der Waals surface area contributed by atoms with Crippen LogP contribution in [-0.2, 0) is 17.5 Å². The first-order chi connectivity index (χ1) is 10.8. The van der Waals surface area contributed by atoms with Crippen molar-refractivity contribution in [3.63, 3.8) is 0 Å². The molecule has 0 bridgehead atoms. The fourth-order valence-electron chi connectivity index (χ4n) is 2.28. The Kier molecular flexibility index (Phi) is 5.38. The fraction of sp³-hybridized carbons (Fsp3) is 0.467. The molecule has 5 nitrogen and oxygen atoms in total. The molecule has 0 unspecified atom stereocenters. The van der Waals surface area contributed by atoms with Crippen LogP contribution in [0.1, 0.15) is 29.0 Å². The number of hydrogen-bond donors (Lipinski definition) is 0. The molecule has 0 aliphatic rings. The molecule has 1 heterocycles. The minimum absolute atomic E-state index is 0.241. The van der Waals surface area contributed by atoms with E-state index in [1.807, 2.05) is 4.90 Å². The molecule has 1 aromatic carbocycles. The Bertz CT molecular complexity index is 643. The van der Waals surface area contributed by atoms with E-state index >= 15 is 0 Å². The van der Waals surface area contributed by atoms with E-state index in [4.69, 9.17) is 9.15 Å². The zero-order chi connectivity index (χ0) is 17.0. The maximum absolute atomic E-state index is 12.9. The molecule has 1 atom stereocenters. The molecule has 0 fully saturated rings. The monoisotopic (exact) mass is 329 g/mol. The molecule has 0 saturated carbocycles. The summed E-state index contributed by atoms with van der Waals surface area (Å²) in [5.74, 6) is 0.842. The third-order valence-electron chi connectivity index (χ3n) is 3.41. The Morgan fingerprint density at radius 2 is 2.04 bits per heavy atom. The van der Waals surface area contributed by atoms with Crippen molar-refractivity contribution in [2.45, 2.75) is 25.7 Å². The number of aromatic nitrogens is 2. The smallest absolute Gasteiger partial charge is 0.416 e. The van der Waals surface area contributed by atoms with Gasteiger partial charge in [0.2, 0.25) is 11.8 Å². The van der Waals surface area contributed by atoms with E-state index in [0.29, 0.717) is 23.9 Å². The molecule has 0 N–H and O–H groups in total. The van der Waals surface area contributed by atoms with Crippen LogP contribution in [-0.4, -0.2) is 35.9 Å². The van der Waals surface area contributed by atoms with Gasteiger partial charge in [0, 0.05) is 14.0 Å². The van der Waals surface area contributed by atoms with E-state index < -0.39 is 11.7 Å². The summed E-state index contributed by atoms with van der Waals surface area (Å²) in [7, 11) is 3.27. The van der Waals surface area contributed by atoms with E-state index in [1.54, 1.807) is 20.0 Å². The molecular weight excluding hydrogens is 311 g/mol. The number of benzene rings is 1. The number of rotatable bonds is 6. The van der Waals surface area contributed by atoms with Crippen molar-refractivity contribution < 1.29 is 22.3 Å². The SMILES string of the molecule is COC[C@@H](c1cccc(C(F)(F)F)c1)N(C)Cc1nnc(C)o1. The summed E-state index contributed by atoms with van der Waals surface area (Å²) < 4.78 is 49.1. The first kappa shape index (κ1) is 17.4. The number of halogens is 3. The molecule has 0 amide bonds. The first-order valence-corrected chi connectivity index (χ1v) is 6.96. The average Bonchev–Trinajstić information content (AvgIpc) is 2.89. The molecule has 2 aromatic rings. The largest absolute Gasteiger partial charge is 0.424 e. The van der Waals surface area contributed by atoms with Crippen LogP contribution in [0.15, 0.2) is 28.7 Å². The molecule has 23 heavy (non-hydrogen) atoms. The van der Waals surface area contributed by atoms with Gasteiger partial charge in [-0.3, -0.25) is 4.90 Å². The van der Waals surface area contributed by atoms with Crippen molar-refractivity contribution in [3.05, 3.63) is 47.2 Å². The topological polar surface area (TPSA) is 51.4 Å². The molecule has 8 heteroatoms. The van der Waals surface area contributed by atoms with Gasteiger partial charge in [0.05, 0.1) is 24.8 Å². The third-order valence-corrected chi connectivity index (χ3v) is 3.41. The minimum atomic E-state index is -4.38. The molecule has 0 saturated heterocycles. The lowest BCUT2D eigenvalue weighted by Gasteiger charge is -2.27. The zero-order valence-corrected chi connectivity index (χ0v) is 13.1. The number of methoxy groups -OCH3 is 1. The highest BCUT2D eigenvalue weighted by atomic mass is 19.4. The lowest BCUT2D eigenvalue weighted by atomic mass is 10.0. The number of ether oxygens (including phenoxy) is 1. The van der Waals surface area contributed by atoms with Crippen molar-refractivity contribution in [2.24, 2.45) is 0 Å². The van der Waals surface area contributed by atoms with Gasteiger partial charge in [-0.1, -0.05) is 12.1 Å². The van der Waals surface area contributed by atoms with Crippen LogP contribution < -0.4 is 0 Å². The van der Waals surface area contributed by atoms with Crippen molar-refractivity contribution in [1.29, 1.82) is 0 Å². The second-order valence-electron chi connectivity index (χ2n) is 5.22. The molecule has 0 radical (unpaired) electrons. The van der Waals surface area contributed by atoms with Crippen LogP contribution in [0.25, 0.3) is 0 Å². The van der Waals surface area contributed by atoms with Gasteiger partial charge >= 0.3 is 6.18 Å².